The Kier molecular flexibility index (Phi) is 7.21. The molecule has 0 unspecified atom stereocenters. The zero-order valence-corrected chi connectivity index (χ0v) is 15.4. The first-order valence-corrected chi connectivity index (χ1v) is 8.77. The van der Waals surface area contributed by atoms with Gasteiger partial charge in [0.2, 0.25) is 0 Å². The third kappa shape index (κ3) is 5.92. The molecule has 2 aromatic carbocycles. The fraction of sp³-hybridized carbons (Fsp3) is 0.333. The Morgan fingerprint density at radius 3 is 2.27 bits per heavy atom. The molecular weight excluding hydrogens is 330 g/mol. The highest BCUT2D eigenvalue weighted by atomic mass is 16.6. The summed E-state index contributed by atoms with van der Waals surface area (Å²) in [4.78, 5) is 23.9. The van der Waals surface area contributed by atoms with Crippen molar-refractivity contribution in [2.75, 3.05) is 11.9 Å². The molecule has 5 heteroatoms. The van der Waals surface area contributed by atoms with Crippen molar-refractivity contribution >= 4 is 17.6 Å². The summed E-state index contributed by atoms with van der Waals surface area (Å²) >= 11 is 0. The largest absolute Gasteiger partial charge is 0.479 e. The zero-order chi connectivity index (χ0) is 18.9. The molecule has 0 aliphatic carbocycles. The van der Waals surface area contributed by atoms with Crippen molar-refractivity contribution in [2.24, 2.45) is 0 Å². The Labute approximate surface area is 154 Å². The number of carbonyl (C=O) groups excluding carboxylic acids is 2. The van der Waals surface area contributed by atoms with Gasteiger partial charge in [-0.2, -0.15) is 0 Å². The summed E-state index contributed by atoms with van der Waals surface area (Å²) in [5.41, 5.74) is 1.90. The molecule has 0 bridgehead atoms. The molecule has 0 saturated heterocycles. The van der Waals surface area contributed by atoms with Crippen molar-refractivity contribution in [3.8, 4) is 5.75 Å². The Bertz CT molecular complexity index is 713. The van der Waals surface area contributed by atoms with E-state index < -0.39 is 12.1 Å². The molecule has 0 heterocycles. The molecule has 0 aromatic heterocycles. The van der Waals surface area contributed by atoms with E-state index in [1.165, 1.54) is 5.56 Å². The van der Waals surface area contributed by atoms with Crippen LogP contribution in [0.4, 0.5) is 5.69 Å². The average Bonchev–Trinajstić information content (AvgIpc) is 2.66. The first-order valence-electron chi connectivity index (χ1n) is 8.77. The molecule has 2 atom stereocenters. The van der Waals surface area contributed by atoms with Gasteiger partial charge in [0.25, 0.3) is 5.91 Å². The van der Waals surface area contributed by atoms with E-state index in [0.29, 0.717) is 17.4 Å². The first kappa shape index (κ1) is 19.5. The van der Waals surface area contributed by atoms with E-state index in [4.69, 9.17) is 9.47 Å². The molecule has 1 amide bonds. The molecule has 26 heavy (non-hydrogen) atoms. The normalized spacial score (nSPS) is 12.7. The molecule has 0 saturated carbocycles. The number of esters is 1. The number of nitrogens with one attached hydrogen (secondary N) is 1. The highest BCUT2D eigenvalue weighted by Gasteiger charge is 2.17. The van der Waals surface area contributed by atoms with Gasteiger partial charge >= 0.3 is 5.97 Å². The standard InChI is InChI=1S/C21H25NO4/c1-4-15(2)17-10-12-18(13-11-17)22-20(23)14-25-21(24)16(3)26-19-8-6-5-7-9-19/h5-13,15-16H,4,14H2,1-3H3,(H,22,23)/t15-,16-/m1/s1. The molecule has 0 radical (unpaired) electrons. The van der Waals surface area contributed by atoms with Gasteiger partial charge in [-0.3, -0.25) is 4.79 Å². The maximum absolute atomic E-state index is 11.9. The summed E-state index contributed by atoms with van der Waals surface area (Å²) in [6.07, 6.45) is 0.269. The maximum Gasteiger partial charge on any atom is 0.347 e. The third-order valence-electron chi connectivity index (χ3n) is 4.11. The molecule has 0 spiro atoms. The summed E-state index contributed by atoms with van der Waals surface area (Å²) in [5.74, 6) is 0.0762. The van der Waals surface area contributed by atoms with Gasteiger partial charge in [-0.05, 0) is 49.1 Å². The van der Waals surface area contributed by atoms with Gasteiger partial charge in [-0.15, -0.1) is 0 Å². The Hall–Kier alpha value is -2.82. The van der Waals surface area contributed by atoms with Crippen LogP contribution in [0.25, 0.3) is 0 Å². The van der Waals surface area contributed by atoms with Crippen molar-refractivity contribution in [1.29, 1.82) is 0 Å². The number of benzene rings is 2. The van der Waals surface area contributed by atoms with Crippen LogP contribution in [-0.4, -0.2) is 24.6 Å². The minimum atomic E-state index is -0.792. The van der Waals surface area contributed by atoms with Crippen LogP contribution in [0.1, 0.15) is 38.7 Å². The molecule has 2 rings (SSSR count). The predicted molar refractivity (Wildman–Crippen MR) is 101 cm³/mol. The van der Waals surface area contributed by atoms with Crippen LogP contribution >= 0.6 is 0 Å². The van der Waals surface area contributed by atoms with Crippen LogP contribution in [0.2, 0.25) is 0 Å². The minimum Gasteiger partial charge on any atom is -0.479 e. The lowest BCUT2D eigenvalue weighted by molar-refractivity contribution is -0.153. The van der Waals surface area contributed by atoms with Crippen LogP contribution in [0, 0.1) is 0 Å². The summed E-state index contributed by atoms with van der Waals surface area (Å²) in [5, 5.41) is 2.71. The van der Waals surface area contributed by atoms with Gasteiger partial charge in [-0.25, -0.2) is 4.79 Å². The lowest BCUT2D eigenvalue weighted by Crippen LogP contribution is -2.29. The topological polar surface area (TPSA) is 64.6 Å². The summed E-state index contributed by atoms with van der Waals surface area (Å²) in [6, 6.07) is 16.7. The van der Waals surface area contributed by atoms with E-state index in [1.54, 1.807) is 19.1 Å². The Morgan fingerprint density at radius 1 is 1.00 bits per heavy atom. The SMILES string of the molecule is CC[C@@H](C)c1ccc(NC(=O)COC(=O)[C@@H](C)Oc2ccccc2)cc1. The summed E-state index contributed by atoms with van der Waals surface area (Å²) < 4.78 is 10.5. The summed E-state index contributed by atoms with van der Waals surface area (Å²) in [7, 11) is 0. The molecule has 0 aliphatic heterocycles. The molecule has 5 nitrogen and oxygen atoms in total. The average molecular weight is 355 g/mol. The quantitative estimate of drug-likeness (QED) is 0.723. The van der Waals surface area contributed by atoms with Gasteiger partial charge < -0.3 is 14.8 Å². The van der Waals surface area contributed by atoms with E-state index in [-0.39, 0.29) is 12.5 Å². The van der Waals surface area contributed by atoms with E-state index in [1.807, 2.05) is 42.5 Å². The Morgan fingerprint density at radius 2 is 1.65 bits per heavy atom. The van der Waals surface area contributed by atoms with Crippen molar-refractivity contribution in [1.82, 2.24) is 0 Å². The fourth-order valence-corrected chi connectivity index (χ4v) is 2.33. The number of hydrogen-bond acceptors (Lipinski definition) is 4. The second-order valence-electron chi connectivity index (χ2n) is 6.16. The van der Waals surface area contributed by atoms with Gasteiger partial charge in [0, 0.05) is 5.69 Å². The molecule has 0 aliphatic rings. The fourth-order valence-electron chi connectivity index (χ4n) is 2.33. The van der Waals surface area contributed by atoms with Gasteiger partial charge in [0.1, 0.15) is 5.75 Å². The number of rotatable bonds is 8. The lowest BCUT2D eigenvalue weighted by atomic mass is 9.99. The van der Waals surface area contributed by atoms with Crippen LogP contribution < -0.4 is 10.1 Å². The van der Waals surface area contributed by atoms with Crippen LogP contribution in [0.5, 0.6) is 5.75 Å². The number of amides is 1. The highest BCUT2D eigenvalue weighted by Crippen LogP contribution is 2.20. The highest BCUT2D eigenvalue weighted by molar-refractivity contribution is 5.93. The molecular formula is C21H25NO4. The van der Waals surface area contributed by atoms with E-state index in [0.717, 1.165) is 6.42 Å². The molecule has 2 aromatic rings. The second-order valence-corrected chi connectivity index (χ2v) is 6.16. The van der Waals surface area contributed by atoms with Crippen molar-refractivity contribution < 1.29 is 19.1 Å². The Balaban J connectivity index is 1.78. The first-order chi connectivity index (χ1) is 12.5. The zero-order valence-electron chi connectivity index (χ0n) is 15.4. The lowest BCUT2D eigenvalue weighted by Gasteiger charge is -2.14. The van der Waals surface area contributed by atoms with E-state index in [2.05, 4.69) is 19.2 Å². The minimum absolute atomic E-state index is 0.353. The van der Waals surface area contributed by atoms with Crippen LogP contribution in [0.15, 0.2) is 54.6 Å². The maximum atomic E-state index is 11.9. The second kappa shape index (κ2) is 9.61. The van der Waals surface area contributed by atoms with Gasteiger partial charge in [0.15, 0.2) is 12.7 Å². The van der Waals surface area contributed by atoms with E-state index in [9.17, 15) is 9.59 Å². The molecule has 138 valence electrons. The predicted octanol–water partition coefficient (Wildman–Crippen LogP) is 4.15. The molecule has 0 fully saturated rings. The smallest absolute Gasteiger partial charge is 0.347 e. The van der Waals surface area contributed by atoms with Crippen LogP contribution in [-0.2, 0) is 14.3 Å². The number of anilines is 1. The van der Waals surface area contributed by atoms with E-state index >= 15 is 0 Å². The van der Waals surface area contributed by atoms with Crippen molar-refractivity contribution in [3.05, 3.63) is 60.2 Å². The number of hydrogen-bond donors (Lipinski definition) is 1. The van der Waals surface area contributed by atoms with Crippen LogP contribution in [0.3, 0.4) is 0 Å². The van der Waals surface area contributed by atoms with Crippen molar-refractivity contribution in [2.45, 2.75) is 39.2 Å². The number of para-hydroxylation sites is 1. The number of ether oxygens (including phenoxy) is 2. The monoisotopic (exact) mass is 355 g/mol. The number of carbonyl (C=O) groups is 2. The molecule has 1 N–H and O–H groups in total. The summed E-state index contributed by atoms with van der Waals surface area (Å²) in [6.45, 7) is 5.53. The van der Waals surface area contributed by atoms with Gasteiger partial charge in [-0.1, -0.05) is 44.2 Å². The van der Waals surface area contributed by atoms with Crippen molar-refractivity contribution in [3.63, 3.8) is 0 Å². The third-order valence-corrected chi connectivity index (χ3v) is 4.11. The van der Waals surface area contributed by atoms with Gasteiger partial charge in [0.05, 0.1) is 0 Å².